The zero-order valence-corrected chi connectivity index (χ0v) is 19.1. The molecule has 166 valence electrons. The Morgan fingerprint density at radius 3 is 2.90 bits per heavy atom. The van der Waals surface area contributed by atoms with Crippen molar-refractivity contribution in [3.8, 4) is 5.75 Å². The van der Waals surface area contributed by atoms with E-state index >= 15 is 0 Å². The Hall–Kier alpha value is -2.67. The SMILES string of the molecule is CC(=O)N1CCC[C@@H]1c1nc2c(c(NCCOc3cccc(C)c3C)n1)CCN(C)C2. The maximum Gasteiger partial charge on any atom is 0.220 e. The van der Waals surface area contributed by atoms with E-state index in [1.807, 2.05) is 17.0 Å². The number of carbonyl (C=O) groups is 1. The molecule has 1 aromatic heterocycles. The molecule has 1 N–H and O–H groups in total. The van der Waals surface area contributed by atoms with E-state index < -0.39 is 0 Å². The maximum atomic E-state index is 12.1. The predicted octanol–water partition coefficient (Wildman–Crippen LogP) is 3.26. The van der Waals surface area contributed by atoms with Gasteiger partial charge in [0.2, 0.25) is 5.91 Å². The van der Waals surface area contributed by atoms with Crippen molar-refractivity contribution in [1.82, 2.24) is 19.8 Å². The molecule has 1 saturated heterocycles. The molecular formula is C24H33N5O2. The molecule has 3 heterocycles. The summed E-state index contributed by atoms with van der Waals surface area (Å²) in [5.74, 6) is 2.68. The van der Waals surface area contributed by atoms with Gasteiger partial charge in [-0.05, 0) is 57.4 Å². The standard InChI is InChI=1S/C24H33N5O2/c1-16-7-5-9-22(17(16)2)31-14-11-25-23-19-10-13-28(4)15-20(19)26-24(27-23)21-8-6-12-29(21)18(3)30/h5,7,9,21H,6,8,10-15H2,1-4H3,(H,25,26,27)/t21-/m1/s1. The summed E-state index contributed by atoms with van der Waals surface area (Å²) < 4.78 is 6.01. The Balaban J connectivity index is 1.51. The first-order valence-electron chi connectivity index (χ1n) is 11.2. The van der Waals surface area contributed by atoms with Crippen molar-refractivity contribution in [3.63, 3.8) is 0 Å². The number of rotatable bonds is 6. The van der Waals surface area contributed by atoms with Crippen LogP contribution < -0.4 is 10.1 Å². The minimum atomic E-state index is -0.0261. The van der Waals surface area contributed by atoms with Gasteiger partial charge >= 0.3 is 0 Å². The van der Waals surface area contributed by atoms with Crippen molar-refractivity contribution >= 4 is 11.7 Å². The molecule has 31 heavy (non-hydrogen) atoms. The van der Waals surface area contributed by atoms with Crippen LogP contribution in [0.5, 0.6) is 5.75 Å². The first-order chi connectivity index (χ1) is 14.9. The zero-order chi connectivity index (χ0) is 22.0. The smallest absolute Gasteiger partial charge is 0.220 e. The van der Waals surface area contributed by atoms with Gasteiger partial charge in [0.25, 0.3) is 0 Å². The summed E-state index contributed by atoms with van der Waals surface area (Å²) in [6.07, 6.45) is 2.84. The van der Waals surface area contributed by atoms with Gasteiger partial charge in [-0.25, -0.2) is 9.97 Å². The summed E-state index contributed by atoms with van der Waals surface area (Å²) >= 11 is 0. The normalized spacial score (nSPS) is 18.7. The number of aromatic nitrogens is 2. The lowest BCUT2D eigenvalue weighted by Crippen LogP contribution is -2.32. The number of anilines is 1. The summed E-state index contributed by atoms with van der Waals surface area (Å²) in [6, 6.07) is 6.11. The predicted molar refractivity (Wildman–Crippen MR) is 121 cm³/mol. The van der Waals surface area contributed by atoms with Gasteiger partial charge in [-0.3, -0.25) is 4.79 Å². The van der Waals surface area contributed by atoms with E-state index in [2.05, 4.69) is 37.2 Å². The van der Waals surface area contributed by atoms with Crippen molar-refractivity contribution < 1.29 is 9.53 Å². The van der Waals surface area contributed by atoms with Crippen LogP contribution in [0.15, 0.2) is 18.2 Å². The molecule has 2 aromatic rings. The molecule has 1 aromatic carbocycles. The highest BCUT2D eigenvalue weighted by molar-refractivity contribution is 5.74. The number of hydrogen-bond donors (Lipinski definition) is 1. The fraction of sp³-hybridized carbons (Fsp3) is 0.542. The Bertz CT molecular complexity index is 961. The molecule has 2 aliphatic heterocycles. The molecule has 4 rings (SSSR count). The fourth-order valence-electron chi connectivity index (χ4n) is 4.50. The number of hydrogen-bond acceptors (Lipinski definition) is 6. The molecule has 1 fully saturated rings. The van der Waals surface area contributed by atoms with E-state index in [1.165, 1.54) is 16.7 Å². The quantitative estimate of drug-likeness (QED) is 0.719. The number of amides is 1. The number of likely N-dealkylation sites (tertiary alicyclic amines) is 1. The van der Waals surface area contributed by atoms with E-state index in [0.717, 1.165) is 62.0 Å². The molecule has 1 atom stereocenters. The van der Waals surface area contributed by atoms with Crippen molar-refractivity contribution in [2.24, 2.45) is 0 Å². The van der Waals surface area contributed by atoms with E-state index in [-0.39, 0.29) is 11.9 Å². The lowest BCUT2D eigenvalue weighted by Gasteiger charge is -2.28. The van der Waals surface area contributed by atoms with Gasteiger partial charge < -0.3 is 19.9 Å². The summed E-state index contributed by atoms with van der Waals surface area (Å²) in [7, 11) is 2.12. The third kappa shape index (κ3) is 4.66. The number of aryl methyl sites for hydroxylation is 1. The monoisotopic (exact) mass is 423 g/mol. The Labute approximate surface area is 184 Å². The lowest BCUT2D eigenvalue weighted by molar-refractivity contribution is -0.129. The first kappa shape index (κ1) is 21.6. The number of ether oxygens (including phenoxy) is 1. The molecule has 0 unspecified atom stereocenters. The molecule has 1 amide bonds. The number of fused-ring (bicyclic) bond motifs is 1. The van der Waals surface area contributed by atoms with Crippen LogP contribution in [0, 0.1) is 13.8 Å². The van der Waals surface area contributed by atoms with Crippen LogP contribution in [-0.2, 0) is 17.8 Å². The Kier molecular flexibility index (Phi) is 6.41. The van der Waals surface area contributed by atoms with E-state index in [0.29, 0.717) is 13.2 Å². The summed E-state index contributed by atoms with van der Waals surface area (Å²) in [5.41, 5.74) is 4.68. The highest BCUT2D eigenvalue weighted by Gasteiger charge is 2.32. The van der Waals surface area contributed by atoms with E-state index in [1.54, 1.807) is 6.92 Å². The number of likely N-dealkylation sites (N-methyl/N-ethyl adjacent to an activating group) is 1. The molecule has 7 nitrogen and oxygen atoms in total. The number of nitrogens with one attached hydrogen (secondary N) is 1. The second kappa shape index (κ2) is 9.22. The minimum Gasteiger partial charge on any atom is -0.491 e. The van der Waals surface area contributed by atoms with Gasteiger partial charge in [0, 0.05) is 32.1 Å². The summed E-state index contributed by atoms with van der Waals surface area (Å²) in [5, 5.41) is 3.50. The van der Waals surface area contributed by atoms with Gasteiger partial charge in [-0.15, -0.1) is 0 Å². The molecule has 2 aliphatic rings. The molecule has 0 aliphatic carbocycles. The summed E-state index contributed by atoms with van der Waals surface area (Å²) in [4.78, 5) is 26.1. The number of benzene rings is 1. The third-order valence-corrected chi connectivity index (χ3v) is 6.44. The van der Waals surface area contributed by atoms with E-state index in [9.17, 15) is 4.79 Å². The highest BCUT2D eigenvalue weighted by Crippen LogP contribution is 2.33. The Morgan fingerprint density at radius 2 is 2.10 bits per heavy atom. The van der Waals surface area contributed by atoms with E-state index in [4.69, 9.17) is 14.7 Å². The van der Waals surface area contributed by atoms with Crippen molar-refractivity contribution in [2.75, 3.05) is 38.6 Å². The van der Waals surface area contributed by atoms with Gasteiger partial charge in [0.1, 0.15) is 18.2 Å². The van der Waals surface area contributed by atoms with Crippen LogP contribution in [-0.4, -0.2) is 59.0 Å². The molecule has 0 spiro atoms. The van der Waals surface area contributed by atoms with Crippen molar-refractivity contribution in [1.29, 1.82) is 0 Å². The van der Waals surface area contributed by atoms with Gasteiger partial charge in [0.15, 0.2) is 5.82 Å². The molecule has 0 radical (unpaired) electrons. The van der Waals surface area contributed by atoms with Crippen LogP contribution in [0.3, 0.4) is 0 Å². The lowest BCUT2D eigenvalue weighted by atomic mass is 10.0. The molecular weight excluding hydrogens is 390 g/mol. The highest BCUT2D eigenvalue weighted by atomic mass is 16.5. The first-order valence-corrected chi connectivity index (χ1v) is 11.2. The van der Waals surface area contributed by atoms with Crippen molar-refractivity contribution in [3.05, 3.63) is 46.4 Å². The Morgan fingerprint density at radius 1 is 1.26 bits per heavy atom. The number of nitrogens with zero attached hydrogens (tertiary/aromatic N) is 4. The minimum absolute atomic E-state index is 0.0261. The average molecular weight is 424 g/mol. The maximum absolute atomic E-state index is 12.1. The van der Waals surface area contributed by atoms with Crippen LogP contribution in [0.4, 0.5) is 5.82 Å². The summed E-state index contributed by atoms with van der Waals surface area (Å²) in [6.45, 7) is 9.62. The third-order valence-electron chi connectivity index (χ3n) is 6.44. The van der Waals surface area contributed by atoms with Crippen LogP contribution in [0.2, 0.25) is 0 Å². The van der Waals surface area contributed by atoms with Gasteiger partial charge in [0.05, 0.1) is 18.3 Å². The fourth-order valence-corrected chi connectivity index (χ4v) is 4.50. The van der Waals surface area contributed by atoms with Gasteiger partial charge in [-0.1, -0.05) is 12.1 Å². The van der Waals surface area contributed by atoms with Crippen LogP contribution in [0.1, 0.15) is 54.0 Å². The van der Waals surface area contributed by atoms with Crippen molar-refractivity contribution in [2.45, 2.75) is 52.6 Å². The molecule has 7 heteroatoms. The largest absolute Gasteiger partial charge is 0.491 e. The molecule has 0 bridgehead atoms. The van der Waals surface area contributed by atoms with Crippen LogP contribution in [0.25, 0.3) is 0 Å². The topological polar surface area (TPSA) is 70.6 Å². The second-order valence-electron chi connectivity index (χ2n) is 8.69. The number of carbonyl (C=O) groups excluding carboxylic acids is 1. The van der Waals surface area contributed by atoms with Gasteiger partial charge in [-0.2, -0.15) is 0 Å². The zero-order valence-electron chi connectivity index (χ0n) is 19.1. The molecule has 0 saturated carbocycles. The average Bonchev–Trinajstić information content (AvgIpc) is 3.24. The van der Waals surface area contributed by atoms with Crippen LogP contribution >= 0.6 is 0 Å². The second-order valence-corrected chi connectivity index (χ2v) is 8.69.